The van der Waals surface area contributed by atoms with Crippen molar-refractivity contribution in [2.75, 3.05) is 6.61 Å². The lowest BCUT2D eigenvalue weighted by Gasteiger charge is -2.22. The van der Waals surface area contributed by atoms with Gasteiger partial charge in [-0.2, -0.15) is 0 Å². The molecule has 1 aromatic heterocycles. The molecule has 0 spiro atoms. The number of aryl methyl sites for hydroxylation is 1. The van der Waals surface area contributed by atoms with E-state index in [0.717, 1.165) is 31.2 Å². The highest BCUT2D eigenvalue weighted by Crippen LogP contribution is 2.30. The van der Waals surface area contributed by atoms with Gasteiger partial charge in [0.1, 0.15) is 0 Å². The summed E-state index contributed by atoms with van der Waals surface area (Å²) in [5, 5.41) is 20.6. The second kappa shape index (κ2) is 8.42. The lowest BCUT2D eigenvalue weighted by Crippen LogP contribution is -2.48. The van der Waals surface area contributed by atoms with Gasteiger partial charge in [-0.05, 0) is 47.8 Å². The number of unbranched alkanes of at least 4 members (excludes halogenated alkanes) is 1. The van der Waals surface area contributed by atoms with Gasteiger partial charge in [-0.15, -0.1) is 11.3 Å². The first-order chi connectivity index (χ1) is 11.5. The second-order valence-corrected chi connectivity index (χ2v) is 7.18. The molecule has 0 aliphatic heterocycles. The van der Waals surface area contributed by atoms with Crippen molar-refractivity contribution in [1.82, 2.24) is 0 Å². The second-order valence-electron chi connectivity index (χ2n) is 6.27. The van der Waals surface area contributed by atoms with Crippen LogP contribution in [0.3, 0.4) is 0 Å². The molecule has 0 fully saturated rings. The van der Waals surface area contributed by atoms with Gasteiger partial charge < -0.3 is 15.9 Å². The van der Waals surface area contributed by atoms with Crippen molar-refractivity contribution in [3.05, 3.63) is 57.8 Å². The molecule has 1 aromatic carbocycles. The van der Waals surface area contributed by atoms with E-state index in [-0.39, 0.29) is 0 Å². The topological polar surface area (TPSA) is 83.5 Å². The quantitative estimate of drug-likeness (QED) is 0.606. The summed E-state index contributed by atoms with van der Waals surface area (Å²) in [6, 6.07) is 12.4. The number of rotatable bonds is 9. The number of thiophene rings is 1. The van der Waals surface area contributed by atoms with E-state index in [4.69, 9.17) is 5.73 Å². The van der Waals surface area contributed by atoms with Gasteiger partial charge >= 0.3 is 5.97 Å². The first-order valence-electron chi connectivity index (χ1n) is 8.24. The first-order valence-corrected chi connectivity index (χ1v) is 9.12. The number of carboxylic acids is 1. The molecule has 5 heteroatoms. The molecule has 0 saturated carbocycles. The van der Waals surface area contributed by atoms with Crippen LogP contribution in [0.4, 0.5) is 0 Å². The van der Waals surface area contributed by atoms with Crippen molar-refractivity contribution >= 4 is 17.3 Å². The number of nitrogens with two attached hydrogens (primary N) is 1. The van der Waals surface area contributed by atoms with E-state index >= 15 is 0 Å². The maximum atomic E-state index is 11.4. The summed E-state index contributed by atoms with van der Waals surface area (Å²) in [6.45, 7) is 1.63. The van der Waals surface area contributed by atoms with Crippen molar-refractivity contribution in [1.29, 1.82) is 0 Å². The molecule has 0 aliphatic rings. The van der Waals surface area contributed by atoms with Gasteiger partial charge in [-0.1, -0.05) is 43.7 Å². The van der Waals surface area contributed by atoms with Crippen LogP contribution >= 0.6 is 11.3 Å². The van der Waals surface area contributed by atoms with Gasteiger partial charge in [0.05, 0.1) is 6.61 Å². The van der Waals surface area contributed by atoms with Crippen molar-refractivity contribution < 1.29 is 15.0 Å². The minimum absolute atomic E-state index is 0.512. The number of hydrogen-bond donors (Lipinski definition) is 3. The molecule has 4 nitrogen and oxygen atoms in total. The van der Waals surface area contributed by atoms with Crippen molar-refractivity contribution in [2.24, 2.45) is 5.73 Å². The van der Waals surface area contributed by atoms with E-state index < -0.39 is 18.1 Å². The Bertz CT molecular complexity index is 656. The van der Waals surface area contributed by atoms with E-state index in [1.165, 1.54) is 16.9 Å². The molecule has 0 radical (unpaired) electrons. The number of carboxylic acid groups (broad SMARTS) is 1. The summed E-state index contributed by atoms with van der Waals surface area (Å²) in [4.78, 5) is 12.0. The van der Waals surface area contributed by atoms with Crippen LogP contribution in [0, 0.1) is 0 Å². The summed E-state index contributed by atoms with van der Waals surface area (Å²) in [6.07, 6.45) is 3.92. The zero-order valence-corrected chi connectivity index (χ0v) is 14.8. The Morgan fingerprint density at radius 2 is 1.96 bits per heavy atom. The van der Waals surface area contributed by atoms with Crippen molar-refractivity contribution in [3.63, 3.8) is 0 Å². The van der Waals surface area contributed by atoms with Crippen LogP contribution in [0.2, 0.25) is 0 Å². The molecular formula is C19H25NO3S. The lowest BCUT2D eigenvalue weighted by molar-refractivity contribution is -0.145. The molecule has 2 atom stereocenters. The predicted molar refractivity (Wildman–Crippen MR) is 97.3 cm³/mol. The summed E-state index contributed by atoms with van der Waals surface area (Å²) in [5.41, 5.74) is 6.49. The predicted octanol–water partition coefficient (Wildman–Crippen LogP) is 3.50. The van der Waals surface area contributed by atoms with Crippen LogP contribution in [-0.4, -0.2) is 22.8 Å². The summed E-state index contributed by atoms with van der Waals surface area (Å²) >= 11 is 1.30. The van der Waals surface area contributed by atoms with Crippen molar-refractivity contribution in [2.45, 2.75) is 44.1 Å². The fourth-order valence-electron chi connectivity index (χ4n) is 2.87. The maximum Gasteiger partial charge on any atom is 0.331 e. The molecule has 24 heavy (non-hydrogen) atoms. The van der Waals surface area contributed by atoms with Gasteiger partial charge in [0.15, 0.2) is 5.54 Å². The number of aliphatic hydroxyl groups is 1. The Morgan fingerprint density at radius 3 is 2.58 bits per heavy atom. The molecule has 4 N–H and O–H groups in total. The molecule has 2 rings (SSSR count). The zero-order chi connectivity index (χ0) is 17.6. The highest BCUT2D eigenvalue weighted by molar-refractivity contribution is 7.10. The van der Waals surface area contributed by atoms with E-state index in [9.17, 15) is 15.0 Å². The van der Waals surface area contributed by atoms with Crippen LogP contribution < -0.4 is 5.73 Å². The molecule has 0 bridgehead atoms. The highest BCUT2D eigenvalue weighted by Gasteiger charge is 2.38. The fraction of sp³-hybridized carbons (Fsp3) is 0.421. The Kier molecular flexibility index (Phi) is 6.54. The van der Waals surface area contributed by atoms with Gasteiger partial charge in [-0.25, -0.2) is 4.79 Å². The average molecular weight is 347 g/mol. The van der Waals surface area contributed by atoms with Gasteiger partial charge in [-0.3, -0.25) is 0 Å². The standard InChI is InChI=1S/C19H25NO3S/c1-14(15-8-3-2-4-9-15)7-5-6-10-16-11-12-24-17(16)19(20,13-21)18(22)23/h2-4,8-9,11-12,14,21H,5-7,10,13,20H2,1H3,(H,22,23). The van der Waals surface area contributed by atoms with E-state index in [1.54, 1.807) is 0 Å². The number of benzene rings is 1. The minimum atomic E-state index is -1.69. The Hall–Kier alpha value is -1.69. The van der Waals surface area contributed by atoms with E-state index in [2.05, 4.69) is 31.2 Å². The molecule has 2 unspecified atom stereocenters. The van der Waals surface area contributed by atoms with Crippen LogP contribution in [0.25, 0.3) is 0 Å². The number of hydrogen-bond acceptors (Lipinski definition) is 4. The third-order valence-electron chi connectivity index (χ3n) is 4.48. The fourth-order valence-corrected chi connectivity index (χ4v) is 3.93. The Labute approximate surface area is 147 Å². The largest absolute Gasteiger partial charge is 0.480 e. The molecule has 0 saturated heterocycles. The summed E-state index contributed by atoms with van der Waals surface area (Å²) < 4.78 is 0. The molecular weight excluding hydrogens is 322 g/mol. The average Bonchev–Trinajstić information content (AvgIpc) is 3.07. The van der Waals surface area contributed by atoms with Gasteiger partial charge in [0, 0.05) is 4.88 Å². The maximum absolute atomic E-state index is 11.4. The monoisotopic (exact) mass is 347 g/mol. The van der Waals surface area contributed by atoms with E-state index in [0.29, 0.717) is 10.8 Å². The molecule has 2 aromatic rings. The van der Waals surface area contributed by atoms with E-state index in [1.807, 2.05) is 17.5 Å². The first kappa shape index (κ1) is 18.6. The third-order valence-corrected chi connectivity index (χ3v) is 5.62. The molecule has 0 amide bonds. The minimum Gasteiger partial charge on any atom is -0.480 e. The Morgan fingerprint density at radius 1 is 1.25 bits per heavy atom. The summed E-state index contributed by atoms with van der Waals surface area (Å²) in [7, 11) is 0. The van der Waals surface area contributed by atoms with Crippen LogP contribution in [0.1, 0.15) is 48.1 Å². The Balaban J connectivity index is 1.90. The van der Waals surface area contributed by atoms with Crippen LogP contribution in [0.5, 0.6) is 0 Å². The third kappa shape index (κ3) is 4.23. The lowest BCUT2D eigenvalue weighted by atomic mass is 9.92. The normalized spacial score (nSPS) is 15.0. The molecule has 0 aliphatic carbocycles. The molecule has 130 valence electrons. The number of aliphatic carboxylic acids is 1. The number of carbonyl (C=O) groups is 1. The van der Waals surface area contributed by atoms with Crippen molar-refractivity contribution in [3.8, 4) is 0 Å². The smallest absolute Gasteiger partial charge is 0.331 e. The number of aliphatic hydroxyl groups excluding tert-OH is 1. The van der Waals surface area contributed by atoms with Crippen LogP contribution in [-0.2, 0) is 16.8 Å². The zero-order valence-electron chi connectivity index (χ0n) is 13.9. The SMILES string of the molecule is CC(CCCCc1ccsc1C(N)(CO)C(=O)O)c1ccccc1. The van der Waals surface area contributed by atoms with Gasteiger partial charge in [0.25, 0.3) is 0 Å². The van der Waals surface area contributed by atoms with Gasteiger partial charge in [0.2, 0.25) is 0 Å². The highest BCUT2D eigenvalue weighted by atomic mass is 32.1. The molecule has 1 heterocycles. The van der Waals surface area contributed by atoms with Crippen LogP contribution in [0.15, 0.2) is 41.8 Å². The summed E-state index contributed by atoms with van der Waals surface area (Å²) in [5.74, 6) is -0.676.